The number of aryl methyl sites for hydroxylation is 6. The van der Waals surface area contributed by atoms with Gasteiger partial charge in [-0.05, 0) is 58.0 Å². The molecule has 0 bridgehead atoms. The molecule has 3 rings (SSSR count). The fourth-order valence-corrected chi connectivity index (χ4v) is 3.95. The normalized spacial score (nSPS) is 10.1. The van der Waals surface area contributed by atoms with Crippen LogP contribution < -0.4 is 9.13 Å². The minimum atomic E-state index is 0.895. The number of benzene rings is 1. The molecule has 0 spiro atoms. The van der Waals surface area contributed by atoms with E-state index in [0.29, 0.717) is 0 Å². The molecule has 0 fully saturated rings. The van der Waals surface area contributed by atoms with Crippen LogP contribution in [-0.4, -0.2) is 0 Å². The number of hydrogen-bond acceptors (Lipinski definition) is 0. The van der Waals surface area contributed by atoms with Crippen molar-refractivity contribution in [1.29, 1.82) is 0 Å². The van der Waals surface area contributed by atoms with Crippen LogP contribution in [0.5, 0.6) is 0 Å². The molecule has 32 heavy (non-hydrogen) atoms. The highest BCUT2D eigenvalue weighted by molar-refractivity contribution is 5.43. The smallest absolute Gasteiger partial charge is 0.171 e. The Kier molecular flexibility index (Phi) is 8.65. The number of unbranched alkanes of at least 4 members (excludes halogenated alkanes) is 2. The standard InChI is InChI=1S/C30H34N2/c1-25-18-26(2)22-31(21-25)16-9-5-7-12-29-14-11-15-30(20-29)13-8-6-10-17-32-23-27(3)19-28(4)24-32/h11,14-15,18-24H,5-6,9-10,16-17H2,1-4H3/q+2. The molecule has 0 atom stereocenters. The van der Waals surface area contributed by atoms with Crippen LogP contribution in [0.2, 0.25) is 0 Å². The van der Waals surface area contributed by atoms with Gasteiger partial charge in [0, 0.05) is 59.1 Å². The first-order valence-corrected chi connectivity index (χ1v) is 11.5. The molecule has 0 radical (unpaired) electrons. The van der Waals surface area contributed by atoms with Crippen molar-refractivity contribution in [2.24, 2.45) is 0 Å². The molecule has 0 aliphatic rings. The van der Waals surface area contributed by atoms with Crippen LogP contribution in [-0.2, 0) is 13.1 Å². The third-order valence-electron chi connectivity index (χ3n) is 5.15. The molecule has 0 aliphatic heterocycles. The molecular weight excluding hydrogens is 388 g/mol. The Balaban J connectivity index is 1.45. The summed E-state index contributed by atoms with van der Waals surface area (Å²) in [6, 6.07) is 12.7. The summed E-state index contributed by atoms with van der Waals surface area (Å²) in [5.74, 6) is 13.2. The molecule has 0 unspecified atom stereocenters. The van der Waals surface area contributed by atoms with Gasteiger partial charge in [0.05, 0.1) is 0 Å². The molecule has 2 nitrogen and oxygen atoms in total. The van der Waals surface area contributed by atoms with E-state index >= 15 is 0 Å². The summed E-state index contributed by atoms with van der Waals surface area (Å²) in [6.07, 6.45) is 12.7. The molecule has 162 valence electrons. The average molecular weight is 423 g/mol. The lowest BCUT2D eigenvalue weighted by molar-refractivity contribution is -0.697. The van der Waals surface area contributed by atoms with Crippen LogP contribution >= 0.6 is 0 Å². The monoisotopic (exact) mass is 422 g/mol. The van der Waals surface area contributed by atoms with E-state index in [-0.39, 0.29) is 0 Å². The number of rotatable bonds is 6. The first kappa shape index (κ1) is 23.3. The van der Waals surface area contributed by atoms with E-state index in [0.717, 1.165) is 49.9 Å². The Bertz CT molecular complexity index is 1050. The van der Waals surface area contributed by atoms with Crippen molar-refractivity contribution in [3.05, 3.63) is 94.6 Å². The molecule has 1 aromatic carbocycles. The van der Waals surface area contributed by atoms with Gasteiger partial charge in [-0.2, -0.15) is 0 Å². The summed E-state index contributed by atoms with van der Waals surface area (Å²) >= 11 is 0. The van der Waals surface area contributed by atoms with Gasteiger partial charge in [-0.3, -0.25) is 0 Å². The Labute approximate surface area is 194 Å². The number of aromatic nitrogens is 2. The summed E-state index contributed by atoms with van der Waals surface area (Å²) in [7, 11) is 0. The largest absolute Gasteiger partial charge is 0.205 e. The Morgan fingerprint density at radius 3 is 1.41 bits per heavy atom. The highest BCUT2D eigenvalue weighted by atomic mass is 14.9. The van der Waals surface area contributed by atoms with Crippen molar-refractivity contribution in [3.63, 3.8) is 0 Å². The number of nitrogens with zero attached hydrogens (tertiary/aromatic N) is 2. The molecular formula is C30H34N2+2. The summed E-state index contributed by atoms with van der Waals surface area (Å²) in [6.45, 7) is 10.6. The molecule has 2 heteroatoms. The third-order valence-corrected chi connectivity index (χ3v) is 5.15. The lowest BCUT2D eigenvalue weighted by Gasteiger charge is -1.98. The maximum absolute atomic E-state index is 3.32. The number of hydrogen-bond donors (Lipinski definition) is 0. The molecule has 0 aliphatic carbocycles. The van der Waals surface area contributed by atoms with Gasteiger partial charge in [-0.25, -0.2) is 9.13 Å². The topological polar surface area (TPSA) is 7.76 Å². The second-order valence-electron chi connectivity index (χ2n) is 8.65. The van der Waals surface area contributed by atoms with Crippen LogP contribution in [0.4, 0.5) is 0 Å². The Morgan fingerprint density at radius 2 is 1.00 bits per heavy atom. The fourth-order valence-electron chi connectivity index (χ4n) is 3.95. The Hall–Kier alpha value is -3.36. The third kappa shape index (κ3) is 8.05. The highest BCUT2D eigenvalue weighted by Gasteiger charge is 2.03. The summed E-state index contributed by atoms with van der Waals surface area (Å²) in [5.41, 5.74) is 7.30. The highest BCUT2D eigenvalue weighted by Crippen LogP contribution is 2.04. The van der Waals surface area contributed by atoms with E-state index in [4.69, 9.17) is 0 Å². The van der Waals surface area contributed by atoms with Gasteiger partial charge < -0.3 is 0 Å². The van der Waals surface area contributed by atoms with Crippen LogP contribution in [0, 0.1) is 51.4 Å². The van der Waals surface area contributed by atoms with E-state index in [2.05, 4.69) is 116 Å². The van der Waals surface area contributed by atoms with E-state index in [1.807, 2.05) is 6.07 Å². The van der Waals surface area contributed by atoms with Crippen molar-refractivity contribution in [3.8, 4) is 23.7 Å². The van der Waals surface area contributed by atoms with E-state index in [9.17, 15) is 0 Å². The SMILES string of the molecule is Cc1cc(C)c[n+](CCCC#Cc2cccc(C#CCCC[n+]3cc(C)cc(C)c3)c2)c1. The van der Waals surface area contributed by atoms with Crippen molar-refractivity contribution in [2.75, 3.05) is 0 Å². The molecule has 0 N–H and O–H groups in total. The molecule has 0 amide bonds. The lowest BCUT2D eigenvalue weighted by atomic mass is 10.1. The van der Waals surface area contributed by atoms with E-state index in [1.54, 1.807) is 0 Å². The van der Waals surface area contributed by atoms with Crippen LogP contribution in [0.25, 0.3) is 0 Å². The first-order chi connectivity index (χ1) is 15.5. The number of pyridine rings is 2. The Morgan fingerprint density at radius 1 is 0.594 bits per heavy atom. The van der Waals surface area contributed by atoms with E-state index < -0.39 is 0 Å². The van der Waals surface area contributed by atoms with Gasteiger partial charge in [-0.15, -0.1) is 0 Å². The minimum Gasteiger partial charge on any atom is -0.205 e. The summed E-state index contributed by atoms with van der Waals surface area (Å²) in [5, 5.41) is 0. The van der Waals surface area contributed by atoms with Crippen LogP contribution in [0.1, 0.15) is 59.1 Å². The molecule has 0 saturated heterocycles. The van der Waals surface area contributed by atoms with Gasteiger partial charge in [0.1, 0.15) is 13.1 Å². The summed E-state index contributed by atoms with van der Waals surface area (Å²) < 4.78 is 4.53. The molecule has 0 saturated carbocycles. The van der Waals surface area contributed by atoms with Crippen molar-refractivity contribution in [1.82, 2.24) is 0 Å². The maximum atomic E-state index is 3.32. The quantitative estimate of drug-likeness (QED) is 0.295. The van der Waals surface area contributed by atoms with Crippen LogP contribution in [0.15, 0.2) is 61.2 Å². The van der Waals surface area contributed by atoms with Gasteiger partial charge in [0.2, 0.25) is 0 Å². The second kappa shape index (κ2) is 11.9. The minimum absolute atomic E-state index is 0.895. The van der Waals surface area contributed by atoms with Crippen molar-refractivity contribution >= 4 is 0 Å². The predicted octanol–water partition coefficient (Wildman–Crippen LogP) is 5.16. The molecule has 3 aromatic rings. The van der Waals surface area contributed by atoms with E-state index in [1.165, 1.54) is 22.3 Å². The lowest BCUT2D eigenvalue weighted by Crippen LogP contribution is -2.33. The van der Waals surface area contributed by atoms with Crippen molar-refractivity contribution < 1.29 is 9.13 Å². The zero-order valence-corrected chi connectivity index (χ0v) is 19.9. The molecule has 2 aromatic heterocycles. The van der Waals surface area contributed by atoms with Crippen LogP contribution in [0.3, 0.4) is 0 Å². The van der Waals surface area contributed by atoms with Gasteiger partial charge in [-0.1, -0.05) is 29.7 Å². The van der Waals surface area contributed by atoms with Crippen molar-refractivity contribution in [2.45, 2.75) is 66.5 Å². The second-order valence-corrected chi connectivity index (χ2v) is 8.65. The average Bonchev–Trinajstić information content (AvgIpc) is 2.72. The molecule has 2 heterocycles. The predicted molar refractivity (Wildman–Crippen MR) is 131 cm³/mol. The maximum Gasteiger partial charge on any atom is 0.171 e. The van der Waals surface area contributed by atoms with Gasteiger partial charge in [0.25, 0.3) is 0 Å². The zero-order valence-electron chi connectivity index (χ0n) is 19.9. The zero-order chi connectivity index (χ0) is 22.8. The van der Waals surface area contributed by atoms with Gasteiger partial charge in [0.15, 0.2) is 24.8 Å². The first-order valence-electron chi connectivity index (χ1n) is 11.5. The summed E-state index contributed by atoms with van der Waals surface area (Å²) in [4.78, 5) is 0. The van der Waals surface area contributed by atoms with Gasteiger partial charge >= 0.3 is 0 Å². The fraction of sp³-hybridized carbons (Fsp3) is 0.333.